The highest BCUT2D eigenvalue weighted by Gasteiger charge is 2.12. The molecule has 7 heteroatoms. The number of benzene rings is 1. The van der Waals surface area contributed by atoms with Gasteiger partial charge in [0.1, 0.15) is 5.02 Å². The number of aromatic nitrogens is 2. The molecule has 0 aliphatic carbocycles. The second-order valence-corrected chi connectivity index (χ2v) is 4.86. The van der Waals surface area contributed by atoms with Crippen molar-refractivity contribution in [2.75, 3.05) is 17.7 Å². The monoisotopic (exact) mass is 298 g/mol. The van der Waals surface area contributed by atoms with Gasteiger partial charge in [0, 0.05) is 24.3 Å². The van der Waals surface area contributed by atoms with Crippen molar-refractivity contribution in [1.82, 2.24) is 9.97 Å². The van der Waals surface area contributed by atoms with Gasteiger partial charge in [0.15, 0.2) is 5.82 Å². The van der Waals surface area contributed by atoms with Crippen LogP contribution in [0, 0.1) is 0 Å². The zero-order valence-electron chi connectivity index (χ0n) is 10.2. The predicted octanol–water partition coefficient (Wildman–Crippen LogP) is 2.30. The highest BCUT2D eigenvalue weighted by Crippen LogP contribution is 2.24. The fourth-order valence-corrected chi connectivity index (χ4v) is 2.11. The first-order chi connectivity index (χ1) is 8.99. The molecule has 2 rings (SSSR count). The Balaban J connectivity index is 2.30. The highest BCUT2D eigenvalue weighted by molar-refractivity contribution is 6.32. The predicted molar refractivity (Wildman–Crippen MR) is 77.8 cm³/mol. The van der Waals surface area contributed by atoms with E-state index in [0.717, 1.165) is 5.56 Å². The van der Waals surface area contributed by atoms with Gasteiger partial charge in [-0.1, -0.05) is 23.2 Å². The van der Waals surface area contributed by atoms with Crippen molar-refractivity contribution in [1.29, 1.82) is 0 Å². The molecular formula is C12H12Cl2N4O. The van der Waals surface area contributed by atoms with E-state index in [1.165, 1.54) is 6.33 Å². The van der Waals surface area contributed by atoms with Crippen LogP contribution in [-0.4, -0.2) is 17.0 Å². The molecule has 0 radical (unpaired) electrons. The zero-order valence-corrected chi connectivity index (χ0v) is 11.7. The van der Waals surface area contributed by atoms with Crippen LogP contribution in [0.5, 0.6) is 0 Å². The van der Waals surface area contributed by atoms with Crippen LogP contribution < -0.4 is 16.2 Å². The smallest absolute Gasteiger partial charge is 0.271 e. The zero-order chi connectivity index (χ0) is 14.0. The Morgan fingerprint density at radius 3 is 2.89 bits per heavy atom. The van der Waals surface area contributed by atoms with E-state index < -0.39 is 0 Å². The van der Waals surface area contributed by atoms with E-state index >= 15 is 0 Å². The Kier molecular flexibility index (Phi) is 3.97. The van der Waals surface area contributed by atoms with Crippen LogP contribution >= 0.6 is 23.2 Å². The Hall–Kier alpha value is -1.72. The maximum Gasteiger partial charge on any atom is 0.271 e. The number of H-pyrrole nitrogens is 1. The molecule has 5 nitrogen and oxygen atoms in total. The normalized spacial score (nSPS) is 10.5. The topological polar surface area (TPSA) is 75.0 Å². The summed E-state index contributed by atoms with van der Waals surface area (Å²) < 4.78 is 0. The van der Waals surface area contributed by atoms with Gasteiger partial charge >= 0.3 is 0 Å². The number of nitrogens with one attached hydrogen (secondary N) is 1. The Morgan fingerprint density at radius 2 is 2.16 bits per heavy atom. The Labute approximate surface area is 120 Å². The third kappa shape index (κ3) is 3.00. The summed E-state index contributed by atoms with van der Waals surface area (Å²) in [7, 11) is 1.77. The van der Waals surface area contributed by atoms with Crippen LogP contribution in [0.4, 0.5) is 11.5 Å². The van der Waals surface area contributed by atoms with Gasteiger partial charge in [0.05, 0.1) is 6.33 Å². The van der Waals surface area contributed by atoms with Crippen molar-refractivity contribution >= 4 is 34.7 Å². The van der Waals surface area contributed by atoms with Gasteiger partial charge in [0.25, 0.3) is 5.56 Å². The van der Waals surface area contributed by atoms with Crippen LogP contribution in [0.1, 0.15) is 5.56 Å². The second-order valence-electron chi connectivity index (χ2n) is 4.08. The van der Waals surface area contributed by atoms with Crippen molar-refractivity contribution in [2.24, 2.45) is 0 Å². The number of rotatable bonds is 3. The van der Waals surface area contributed by atoms with Gasteiger partial charge in [-0.2, -0.15) is 0 Å². The minimum absolute atomic E-state index is 0.0463. The molecule has 0 atom stereocenters. The van der Waals surface area contributed by atoms with E-state index in [-0.39, 0.29) is 10.6 Å². The van der Waals surface area contributed by atoms with E-state index in [2.05, 4.69) is 9.97 Å². The van der Waals surface area contributed by atoms with Gasteiger partial charge < -0.3 is 15.6 Å². The summed E-state index contributed by atoms with van der Waals surface area (Å²) in [6, 6.07) is 5.23. The minimum atomic E-state index is -0.378. The Morgan fingerprint density at radius 1 is 1.42 bits per heavy atom. The number of nitrogens with two attached hydrogens (primary N) is 1. The molecule has 0 unspecified atom stereocenters. The number of hydrogen-bond donors (Lipinski definition) is 2. The average molecular weight is 299 g/mol. The van der Waals surface area contributed by atoms with E-state index in [4.69, 9.17) is 28.9 Å². The van der Waals surface area contributed by atoms with Crippen molar-refractivity contribution in [2.45, 2.75) is 6.54 Å². The fourth-order valence-electron chi connectivity index (χ4n) is 1.69. The molecule has 0 spiro atoms. The molecule has 0 aliphatic rings. The lowest BCUT2D eigenvalue weighted by molar-refractivity contribution is 0.887. The van der Waals surface area contributed by atoms with Crippen molar-refractivity contribution in [3.63, 3.8) is 0 Å². The Bertz CT molecular complexity index is 656. The minimum Gasteiger partial charge on any atom is -0.399 e. The summed E-state index contributed by atoms with van der Waals surface area (Å²) in [4.78, 5) is 19.6. The van der Waals surface area contributed by atoms with E-state index in [9.17, 15) is 4.79 Å². The molecule has 0 saturated carbocycles. The number of nitrogen functional groups attached to an aromatic ring is 1. The number of anilines is 2. The van der Waals surface area contributed by atoms with Crippen molar-refractivity contribution < 1.29 is 0 Å². The van der Waals surface area contributed by atoms with Gasteiger partial charge in [-0.3, -0.25) is 4.79 Å². The fraction of sp³-hybridized carbons (Fsp3) is 0.167. The summed E-state index contributed by atoms with van der Waals surface area (Å²) in [6.45, 7) is 0.444. The molecule has 0 fully saturated rings. The largest absolute Gasteiger partial charge is 0.399 e. The molecule has 1 heterocycles. The molecule has 1 aromatic heterocycles. The molecule has 100 valence electrons. The number of nitrogens with zero attached hydrogens (tertiary/aromatic N) is 2. The molecular weight excluding hydrogens is 287 g/mol. The molecule has 1 aromatic carbocycles. The maximum absolute atomic E-state index is 11.4. The summed E-state index contributed by atoms with van der Waals surface area (Å²) >= 11 is 12.0. The molecule has 0 saturated heterocycles. The van der Waals surface area contributed by atoms with Crippen LogP contribution in [-0.2, 0) is 6.54 Å². The molecule has 0 bridgehead atoms. The number of hydrogen-bond acceptors (Lipinski definition) is 4. The maximum atomic E-state index is 11.4. The van der Waals surface area contributed by atoms with Gasteiger partial charge in [-0.05, 0) is 23.8 Å². The molecule has 0 aliphatic heterocycles. The van der Waals surface area contributed by atoms with Crippen LogP contribution in [0.25, 0.3) is 0 Å². The van der Waals surface area contributed by atoms with Gasteiger partial charge in [0.2, 0.25) is 0 Å². The lowest BCUT2D eigenvalue weighted by Crippen LogP contribution is -2.21. The summed E-state index contributed by atoms with van der Waals surface area (Å²) in [6.07, 6.45) is 1.31. The first-order valence-corrected chi connectivity index (χ1v) is 6.23. The molecule has 0 amide bonds. The second kappa shape index (κ2) is 5.50. The van der Waals surface area contributed by atoms with Gasteiger partial charge in [-0.15, -0.1) is 0 Å². The summed E-state index contributed by atoms with van der Waals surface area (Å²) in [5.74, 6) is 0.393. The van der Waals surface area contributed by atoms with Crippen molar-refractivity contribution in [3.05, 3.63) is 50.5 Å². The van der Waals surface area contributed by atoms with E-state index in [1.807, 2.05) is 0 Å². The SMILES string of the molecule is CN(Cc1cc(N)ccc1Cl)c1nc[nH]c(=O)c1Cl. The lowest BCUT2D eigenvalue weighted by Gasteiger charge is -2.19. The van der Waals surface area contributed by atoms with Crippen molar-refractivity contribution in [3.8, 4) is 0 Å². The molecule has 19 heavy (non-hydrogen) atoms. The quantitative estimate of drug-likeness (QED) is 0.853. The third-order valence-electron chi connectivity index (χ3n) is 2.62. The van der Waals surface area contributed by atoms with Crippen LogP contribution in [0.2, 0.25) is 10.0 Å². The summed E-state index contributed by atoms with van der Waals surface area (Å²) in [5.41, 5.74) is 6.80. The third-order valence-corrected chi connectivity index (χ3v) is 3.33. The standard InChI is InChI=1S/C12H12Cl2N4O/c1-18(11-10(14)12(19)17-6-16-11)5-7-4-8(15)2-3-9(7)13/h2-4,6H,5,15H2,1H3,(H,16,17,19). The number of aromatic amines is 1. The first kappa shape index (κ1) is 13.7. The van der Waals surface area contributed by atoms with Crippen LogP contribution in [0.15, 0.2) is 29.3 Å². The lowest BCUT2D eigenvalue weighted by atomic mass is 10.2. The molecule has 3 N–H and O–H groups in total. The van der Waals surface area contributed by atoms with E-state index in [1.54, 1.807) is 30.1 Å². The van der Waals surface area contributed by atoms with E-state index in [0.29, 0.717) is 23.1 Å². The summed E-state index contributed by atoms with van der Waals surface area (Å²) in [5, 5.41) is 0.645. The highest BCUT2D eigenvalue weighted by atomic mass is 35.5. The van der Waals surface area contributed by atoms with Gasteiger partial charge in [-0.25, -0.2) is 4.98 Å². The molecule has 2 aromatic rings. The van der Waals surface area contributed by atoms with Crippen LogP contribution in [0.3, 0.4) is 0 Å². The first-order valence-electron chi connectivity index (χ1n) is 5.47. The average Bonchev–Trinajstić information content (AvgIpc) is 2.37. The number of halogens is 2.